The van der Waals surface area contributed by atoms with E-state index >= 15 is 0 Å². The first-order valence-electron chi connectivity index (χ1n) is 30.9. The summed E-state index contributed by atoms with van der Waals surface area (Å²) in [6, 6.07) is 37.2. The predicted octanol–water partition coefficient (Wildman–Crippen LogP) is 6.68. The SMILES string of the molecule is CC(=O)C1=CCc2ccccc21.CC(O)(C1=CCc2ccccc21)C(N)[CH-]CO.CC(O)(C1=CCc2ccccc21)C([CH-]CO)[N+](=O)[O-].CN([C-]=O)C([CH-]CO)C(C)(O)C1=CCc2ccccc21.CN([C-]=O)C1[CH-]COC1(C)C1=CCc2ccccc21.O=[N+]([O-])C[CH-]CO.[V].[V].[V].[V].[V].[V].[V].[V].[V].[V].[V].[V].[V].[V].[V].[W].[W].[W].[W]. The maximum Gasteiger partial charge on any atom is 0.160 e. The zero-order valence-electron chi connectivity index (χ0n) is 62.5. The molecule has 8 unspecified atom stereocenters. The molecule has 2 amide bonds. The Morgan fingerprint density at radius 1 is 0.540 bits per heavy atom. The summed E-state index contributed by atoms with van der Waals surface area (Å²) >= 11 is 0. The van der Waals surface area contributed by atoms with E-state index in [4.69, 9.17) is 30.9 Å². The first-order chi connectivity index (χ1) is 44.8. The van der Waals surface area contributed by atoms with Crippen molar-refractivity contribution in [1.29, 1.82) is 0 Å². The van der Waals surface area contributed by atoms with E-state index in [2.05, 4.69) is 43.3 Å². The van der Waals surface area contributed by atoms with Gasteiger partial charge in [0, 0.05) is 368 Å². The third-order valence-electron chi connectivity index (χ3n) is 17.6. The minimum atomic E-state index is -1.64. The Hall–Kier alpha value is 3.37. The van der Waals surface area contributed by atoms with E-state index in [9.17, 15) is 49.9 Å². The van der Waals surface area contributed by atoms with Gasteiger partial charge in [-0.1, -0.05) is 203 Å². The molecule has 11 rings (SSSR count). The summed E-state index contributed by atoms with van der Waals surface area (Å²) in [4.78, 5) is 55.2. The number of aliphatic hydroxyl groups excluding tert-OH is 4. The molecular formula is C74H86N5O15V15W4-7. The number of nitrogens with zero attached hydrogens (tertiary/aromatic N) is 4. The summed E-state index contributed by atoms with van der Waals surface area (Å²) in [7, 11) is 3.29. The summed E-state index contributed by atoms with van der Waals surface area (Å²) in [5, 5.41) is 87.4. The number of allylic oxidation sites excluding steroid dienone is 6. The average molecular weight is 2790 g/mol. The summed E-state index contributed by atoms with van der Waals surface area (Å²) in [6.07, 6.45) is 25.2. The zero-order chi connectivity index (χ0) is 69.0. The van der Waals surface area contributed by atoms with Gasteiger partial charge in [-0.05, 0) is 169 Å². The van der Waals surface area contributed by atoms with Crippen molar-refractivity contribution >= 4 is 46.5 Å². The Morgan fingerprint density at radius 2 is 0.885 bits per heavy atom. The van der Waals surface area contributed by atoms with Gasteiger partial charge in [-0.3, -0.25) is 44.3 Å². The molecule has 6 aliphatic rings. The van der Waals surface area contributed by atoms with Crippen LogP contribution in [0.15, 0.2) is 152 Å². The number of carbonyl (C=O) groups is 1. The summed E-state index contributed by atoms with van der Waals surface area (Å²) in [5.74, 6) is 0.167. The number of nitrogens with two attached hydrogens (primary N) is 1. The Kier molecular flexibility index (Phi) is 96.0. The van der Waals surface area contributed by atoms with Crippen LogP contribution < -0.4 is 5.73 Å². The predicted molar refractivity (Wildman–Crippen MR) is 362 cm³/mol. The van der Waals surface area contributed by atoms with Crippen LogP contribution in [0.3, 0.4) is 0 Å². The summed E-state index contributed by atoms with van der Waals surface area (Å²) in [6.45, 7) is 7.73. The molecule has 113 heavy (non-hydrogen) atoms. The number of fused-ring (bicyclic) bond motifs is 5. The van der Waals surface area contributed by atoms with E-state index in [-0.39, 0.29) is 401 Å². The molecule has 20 nitrogen and oxygen atoms in total. The van der Waals surface area contributed by atoms with E-state index in [0.29, 0.717) is 18.6 Å². The number of likely N-dealkylation sites (N-methyl/N-ethyl adjacent to an activating group) is 2. The third-order valence-corrected chi connectivity index (χ3v) is 17.6. The van der Waals surface area contributed by atoms with Crippen molar-refractivity contribution in [2.24, 2.45) is 5.73 Å². The Balaban J connectivity index is -0.0000000854. The summed E-state index contributed by atoms with van der Waals surface area (Å²) in [5.41, 5.74) is 16.9. The molecular weight excluding hydrogens is 2700 g/mol. The number of rotatable bonds is 22. The van der Waals surface area contributed by atoms with Gasteiger partial charge in [0.05, 0.1) is 23.3 Å². The van der Waals surface area contributed by atoms with Crippen LogP contribution in [0.25, 0.3) is 27.9 Å². The fourth-order valence-corrected chi connectivity index (χ4v) is 12.6. The monoisotopic (exact) mass is 2780 g/mol. The molecule has 8 atom stereocenters. The molecule has 603 valence electrons. The molecule has 1 fully saturated rings. The number of hydrogen-bond donors (Lipinski definition) is 8. The van der Waals surface area contributed by atoms with Crippen LogP contribution >= 0.6 is 0 Å². The standard InChI is InChI=1S/C16H19NO3.C16H17NO2.C14H16NO4.C14H18NO2.C11H10O.C3H6NO3.15V.4W/c1-16(20,15(9-10-18)17(2)11-19)14-8-7-12-5-3-4-6-13(12)14;1-16(15(9-10-19-16)17(2)11-18)14-8-7-12-5-3-4-6-13(12)14;1-14(17,13(8-9-16)15(18)19)12-7-6-10-4-2-3-5-11(10)12;1-14(17,13(15)8-9-16)12-7-6-10-4-2-3-5-11(10)12;1-8(12)10-7-6-9-4-2-3-5-11(9)10;5-3-1-2-4(6)7;;;;;;;;;;;;;;;;;;;/h3-6,8-9,15,18,20H,7,10H2,1-2H3;3-6,8-9,15H,7,10H2,1-2H3;2-5,7-8,13,16-17H,6,9H2,1H3;2-5,7-8,13,16-17H,6,9,15H2,1H3;2-5,7H,6H2,1H3;1,5H,2-3H2;;;;;;;;;;;;;;;;;;;/q2*-2;2*-1;;-1;;;;;;;;;;;;;;;;;;;. The number of amides is 2. The second kappa shape index (κ2) is 73.4. The van der Waals surface area contributed by atoms with Crippen molar-refractivity contribution in [3.05, 3.63) is 260 Å². The van der Waals surface area contributed by atoms with Crippen LogP contribution in [0.5, 0.6) is 0 Å². The molecule has 1 saturated heterocycles. The molecule has 0 bridgehead atoms. The summed E-state index contributed by atoms with van der Waals surface area (Å²) < 4.78 is 5.97. The van der Waals surface area contributed by atoms with Crippen molar-refractivity contribution < 1.29 is 427 Å². The van der Waals surface area contributed by atoms with Gasteiger partial charge >= 0.3 is 0 Å². The van der Waals surface area contributed by atoms with Gasteiger partial charge in [-0.25, -0.2) is 12.8 Å². The van der Waals surface area contributed by atoms with Gasteiger partial charge < -0.3 is 65.6 Å². The largest absolute Gasteiger partial charge is 0.539 e. The number of ketones is 1. The van der Waals surface area contributed by atoms with Crippen LogP contribution in [0.2, 0.25) is 0 Å². The van der Waals surface area contributed by atoms with E-state index in [1.165, 1.54) is 58.9 Å². The number of benzene rings is 5. The van der Waals surface area contributed by atoms with Gasteiger partial charge in [0.25, 0.3) is 0 Å². The normalized spacial score (nSPS) is 16.1. The number of hydrogen-bond acceptors (Lipinski definition) is 16. The topological polar surface area (TPSA) is 321 Å². The molecule has 5 aliphatic carbocycles. The molecule has 0 spiro atoms. The minimum absolute atomic E-state index is 0. The molecule has 0 aromatic heterocycles. The van der Waals surface area contributed by atoms with Gasteiger partial charge in [0.1, 0.15) is 11.6 Å². The van der Waals surface area contributed by atoms with Crippen molar-refractivity contribution in [3.63, 3.8) is 0 Å². The first-order valence-corrected chi connectivity index (χ1v) is 30.9. The van der Waals surface area contributed by atoms with Gasteiger partial charge in [-0.15, -0.1) is 0 Å². The van der Waals surface area contributed by atoms with Gasteiger partial charge in [0.15, 0.2) is 5.78 Å². The smallest absolute Gasteiger partial charge is 0.160 e. The van der Waals surface area contributed by atoms with Crippen LogP contribution in [0, 0.1) is 52.3 Å². The molecule has 0 saturated carbocycles. The van der Waals surface area contributed by atoms with E-state index in [1.54, 1.807) is 46.2 Å². The fraction of sp³-hybridized carbons (Fsp3) is 0.351. The molecule has 15 radical (unpaired) electrons. The Labute approximate surface area is 902 Å². The Morgan fingerprint density at radius 3 is 1.24 bits per heavy atom. The van der Waals surface area contributed by atoms with Gasteiger partial charge in [0.2, 0.25) is 0 Å². The second-order valence-electron chi connectivity index (χ2n) is 23.8. The van der Waals surface area contributed by atoms with Crippen molar-refractivity contribution in [2.45, 2.75) is 113 Å². The van der Waals surface area contributed by atoms with Crippen molar-refractivity contribution in [1.82, 2.24) is 9.80 Å². The second-order valence-corrected chi connectivity index (χ2v) is 23.8. The quantitative estimate of drug-likeness (QED) is 0.0155. The molecule has 5 aromatic rings. The minimum Gasteiger partial charge on any atom is -0.539 e. The van der Waals surface area contributed by atoms with Crippen LogP contribution in [0.1, 0.15) is 90.3 Å². The van der Waals surface area contributed by atoms with E-state index < -0.39 is 57.0 Å². The van der Waals surface area contributed by atoms with E-state index in [0.717, 1.165) is 82.2 Å². The fourth-order valence-electron chi connectivity index (χ4n) is 12.6. The van der Waals surface area contributed by atoms with Gasteiger partial charge in [-0.2, -0.15) is 12.8 Å². The number of nitro groups is 2. The maximum absolute atomic E-state index is 11.1. The maximum atomic E-state index is 11.1. The van der Waals surface area contributed by atoms with Crippen LogP contribution in [0.4, 0.5) is 0 Å². The number of ether oxygens (including phenoxy) is 1. The van der Waals surface area contributed by atoms with Crippen molar-refractivity contribution in [3.8, 4) is 0 Å². The van der Waals surface area contributed by atoms with E-state index in [1.807, 2.05) is 128 Å². The number of aliphatic hydroxyl groups is 7. The molecule has 5 aromatic carbocycles. The zero-order valence-corrected chi connectivity index (χ0v) is 95.2. The number of carbonyl (C=O) groups excluding carboxylic acids is 3. The first kappa shape index (κ1) is 148. The molecule has 9 N–H and O–H groups in total. The third kappa shape index (κ3) is 40.5. The Bertz CT molecular complexity index is 3680. The van der Waals surface area contributed by atoms with Crippen LogP contribution in [-0.2, 0) is 414 Å². The van der Waals surface area contributed by atoms with Crippen molar-refractivity contribution in [2.75, 3.05) is 53.7 Å². The average Bonchev–Trinajstić information content (AvgIpc) is 1.63. The molecule has 39 heteroatoms. The van der Waals surface area contributed by atoms with Crippen LogP contribution in [-0.4, -0.2) is 174 Å². The molecule has 1 heterocycles. The number of Topliss-reactive ketones (excluding diaryl/α,β-unsaturated/α-hetero) is 1. The molecule has 1 aliphatic heterocycles.